The Morgan fingerprint density at radius 2 is 1.53 bits per heavy atom. The molecule has 0 fully saturated rings. The van der Waals surface area contributed by atoms with E-state index in [9.17, 15) is 9.59 Å². The van der Waals surface area contributed by atoms with Gasteiger partial charge >= 0.3 is 11.9 Å². The molecule has 36 heavy (non-hydrogen) atoms. The van der Waals surface area contributed by atoms with Crippen LogP contribution in [0.2, 0.25) is 0 Å². The van der Waals surface area contributed by atoms with Crippen LogP contribution in [0.15, 0.2) is 24.3 Å². The van der Waals surface area contributed by atoms with Crippen molar-refractivity contribution in [1.29, 1.82) is 0 Å². The number of benzene rings is 1. The van der Waals surface area contributed by atoms with Gasteiger partial charge in [0.25, 0.3) is 0 Å². The Balaban J connectivity index is 2.24. The molecule has 206 valence electrons. The van der Waals surface area contributed by atoms with Crippen molar-refractivity contribution >= 4 is 11.9 Å². The van der Waals surface area contributed by atoms with Gasteiger partial charge in [0.15, 0.2) is 12.7 Å². The predicted molar refractivity (Wildman–Crippen MR) is 140 cm³/mol. The lowest BCUT2D eigenvalue weighted by Gasteiger charge is -2.30. The lowest BCUT2D eigenvalue weighted by Crippen LogP contribution is -2.45. The molecule has 0 amide bonds. The molecule has 8 nitrogen and oxygen atoms in total. The molecule has 0 aliphatic heterocycles. The van der Waals surface area contributed by atoms with Gasteiger partial charge in [-0.05, 0) is 37.5 Å². The second-order valence-corrected chi connectivity index (χ2v) is 9.69. The Hall–Kier alpha value is -2.16. The molecule has 0 saturated carbocycles. The molecule has 1 aromatic carbocycles. The maximum absolute atomic E-state index is 12.1. The smallest absolute Gasteiger partial charge is 0.322 e. The Kier molecular flexibility index (Phi) is 16.8. The summed E-state index contributed by atoms with van der Waals surface area (Å²) in [7, 11) is 4.01. The van der Waals surface area contributed by atoms with E-state index in [0.29, 0.717) is 37.4 Å². The SMILES string of the molecule is CCCCCCCCc1ccc(OCCOCC[N+](C)(C)CCC(C(=O)OCC)C(=O)OCO)cc1. The quantitative estimate of drug-likeness (QED) is 0.0874. The number of esters is 2. The number of quaternary nitrogens is 1. The van der Waals surface area contributed by atoms with Gasteiger partial charge in [-0.3, -0.25) is 9.59 Å². The molecule has 0 aliphatic carbocycles. The van der Waals surface area contributed by atoms with Crippen molar-refractivity contribution in [3.8, 4) is 5.75 Å². The third kappa shape index (κ3) is 14.4. The summed E-state index contributed by atoms with van der Waals surface area (Å²) in [6.07, 6.45) is 9.23. The van der Waals surface area contributed by atoms with E-state index >= 15 is 0 Å². The Labute approximate surface area is 217 Å². The molecule has 0 spiro atoms. The molecule has 0 saturated heterocycles. The zero-order chi connectivity index (χ0) is 26.7. The molecule has 1 aromatic rings. The minimum Gasteiger partial charge on any atom is -0.491 e. The molecule has 1 N–H and O–H groups in total. The van der Waals surface area contributed by atoms with Gasteiger partial charge < -0.3 is 28.5 Å². The number of aryl methyl sites for hydroxylation is 1. The Morgan fingerprint density at radius 1 is 0.861 bits per heavy atom. The number of hydrogen-bond donors (Lipinski definition) is 1. The summed E-state index contributed by atoms with van der Waals surface area (Å²) in [6, 6.07) is 8.33. The van der Waals surface area contributed by atoms with Crippen molar-refractivity contribution in [2.75, 3.05) is 60.4 Å². The summed E-state index contributed by atoms with van der Waals surface area (Å²) >= 11 is 0. The third-order valence-electron chi connectivity index (χ3n) is 6.17. The normalized spacial score (nSPS) is 12.2. The average Bonchev–Trinajstić information content (AvgIpc) is 2.84. The molecule has 0 radical (unpaired) electrons. The molecule has 0 aliphatic rings. The van der Waals surface area contributed by atoms with E-state index < -0.39 is 24.6 Å². The second-order valence-electron chi connectivity index (χ2n) is 9.69. The summed E-state index contributed by atoms with van der Waals surface area (Å²) in [5.41, 5.74) is 1.35. The fourth-order valence-corrected chi connectivity index (χ4v) is 3.82. The van der Waals surface area contributed by atoms with Crippen molar-refractivity contribution in [2.24, 2.45) is 5.92 Å². The number of aliphatic hydroxyl groups excluding tert-OH is 1. The topological polar surface area (TPSA) is 91.3 Å². The molecule has 1 rings (SSSR count). The highest BCUT2D eigenvalue weighted by atomic mass is 16.6. The summed E-state index contributed by atoms with van der Waals surface area (Å²) in [5, 5.41) is 8.83. The van der Waals surface area contributed by atoms with Crippen LogP contribution >= 0.6 is 0 Å². The summed E-state index contributed by atoms with van der Waals surface area (Å²) in [4.78, 5) is 24.1. The molecular weight excluding hydrogens is 462 g/mol. The highest BCUT2D eigenvalue weighted by molar-refractivity contribution is 5.94. The van der Waals surface area contributed by atoms with Crippen LogP contribution in [0, 0.1) is 5.92 Å². The van der Waals surface area contributed by atoms with E-state index in [1.165, 1.54) is 44.1 Å². The number of ether oxygens (including phenoxy) is 4. The van der Waals surface area contributed by atoms with E-state index in [1.807, 2.05) is 26.2 Å². The van der Waals surface area contributed by atoms with Crippen molar-refractivity contribution < 1.29 is 38.1 Å². The molecule has 0 aromatic heterocycles. The van der Waals surface area contributed by atoms with Gasteiger partial charge in [-0.2, -0.15) is 0 Å². The summed E-state index contributed by atoms with van der Waals surface area (Å²) in [5.74, 6) is -1.58. The number of aliphatic hydroxyl groups is 1. The lowest BCUT2D eigenvalue weighted by atomic mass is 10.0. The second kappa shape index (κ2) is 19.0. The van der Waals surface area contributed by atoms with Crippen molar-refractivity contribution in [3.63, 3.8) is 0 Å². The first-order valence-electron chi connectivity index (χ1n) is 13.4. The van der Waals surface area contributed by atoms with Gasteiger partial charge in [-0.1, -0.05) is 51.2 Å². The van der Waals surface area contributed by atoms with E-state index in [0.717, 1.165) is 12.2 Å². The maximum atomic E-state index is 12.1. The standard InChI is InChI=1S/C28H48NO7/c1-5-7-8-9-10-11-12-24-13-15-25(16-14-24)35-22-21-33-20-19-29(3,4)18-17-26(27(31)34-6-2)28(32)36-23-30/h13-16,26,30H,5-12,17-23H2,1-4H3/q+1. The first kappa shape index (κ1) is 31.9. The van der Waals surface area contributed by atoms with Crippen LogP contribution in [0.5, 0.6) is 5.75 Å². The minimum atomic E-state index is -1.04. The monoisotopic (exact) mass is 510 g/mol. The largest absolute Gasteiger partial charge is 0.491 e. The molecular formula is C28H48NO7+. The van der Waals surface area contributed by atoms with Gasteiger partial charge in [0.1, 0.15) is 18.9 Å². The zero-order valence-corrected chi connectivity index (χ0v) is 22.8. The van der Waals surface area contributed by atoms with Crippen LogP contribution in [0.4, 0.5) is 0 Å². The Bertz CT molecular complexity index is 703. The van der Waals surface area contributed by atoms with Crippen LogP contribution in [0.3, 0.4) is 0 Å². The van der Waals surface area contributed by atoms with E-state index in [2.05, 4.69) is 23.8 Å². The van der Waals surface area contributed by atoms with Crippen LogP contribution < -0.4 is 4.74 Å². The summed E-state index contributed by atoms with van der Waals surface area (Å²) < 4.78 is 21.7. The number of unbranched alkanes of at least 4 members (excludes halogenated alkanes) is 5. The molecule has 0 heterocycles. The van der Waals surface area contributed by atoms with E-state index in [1.54, 1.807) is 6.92 Å². The first-order valence-corrected chi connectivity index (χ1v) is 13.4. The van der Waals surface area contributed by atoms with Gasteiger partial charge in [-0.25, -0.2) is 0 Å². The number of carbonyl (C=O) groups excluding carboxylic acids is 2. The Morgan fingerprint density at radius 3 is 2.19 bits per heavy atom. The molecule has 8 heteroatoms. The molecule has 1 unspecified atom stereocenters. The van der Waals surface area contributed by atoms with Gasteiger partial charge in [0, 0.05) is 6.42 Å². The van der Waals surface area contributed by atoms with Crippen molar-refractivity contribution in [2.45, 2.75) is 65.2 Å². The number of rotatable bonds is 21. The fraction of sp³-hybridized carbons (Fsp3) is 0.714. The highest BCUT2D eigenvalue weighted by Crippen LogP contribution is 2.15. The van der Waals surface area contributed by atoms with Crippen molar-refractivity contribution in [3.05, 3.63) is 29.8 Å². The number of nitrogens with zero attached hydrogens (tertiary/aromatic N) is 1. The van der Waals surface area contributed by atoms with Crippen LogP contribution in [-0.4, -0.2) is 81.9 Å². The van der Waals surface area contributed by atoms with Crippen LogP contribution in [0.25, 0.3) is 0 Å². The first-order chi connectivity index (χ1) is 17.3. The lowest BCUT2D eigenvalue weighted by molar-refractivity contribution is -0.891. The van der Waals surface area contributed by atoms with Gasteiger partial charge in [0.2, 0.25) is 0 Å². The van der Waals surface area contributed by atoms with Gasteiger partial charge in [0.05, 0.1) is 40.5 Å². The highest BCUT2D eigenvalue weighted by Gasteiger charge is 2.32. The predicted octanol–water partition coefficient (Wildman–Crippen LogP) is 4.12. The fourth-order valence-electron chi connectivity index (χ4n) is 3.82. The zero-order valence-electron chi connectivity index (χ0n) is 22.8. The maximum Gasteiger partial charge on any atom is 0.322 e. The van der Waals surface area contributed by atoms with Crippen LogP contribution in [-0.2, 0) is 30.2 Å². The summed E-state index contributed by atoms with van der Waals surface area (Å²) in [6.45, 7) is 6.08. The van der Waals surface area contributed by atoms with Crippen LogP contribution in [0.1, 0.15) is 64.4 Å². The third-order valence-corrected chi connectivity index (χ3v) is 6.17. The van der Waals surface area contributed by atoms with E-state index in [-0.39, 0.29) is 13.0 Å². The van der Waals surface area contributed by atoms with Gasteiger partial charge in [-0.15, -0.1) is 0 Å². The molecule has 1 atom stereocenters. The average molecular weight is 511 g/mol. The van der Waals surface area contributed by atoms with Crippen molar-refractivity contribution in [1.82, 2.24) is 0 Å². The van der Waals surface area contributed by atoms with E-state index in [4.69, 9.17) is 19.3 Å². The minimum absolute atomic E-state index is 0.180. The number of hydrogen-bond acceptors (Lipinski definition) is 7. The number of likely N-dealkylation sites (N-methyl/N-ethyl adjacent to an activating group) is 1. The number of carbonyl (C=O) groups is 2. The molecule has 0 bridgehead atoms.